The zero-order valence-electron chi connectivity index (χ0n) is 19.3. The molecule has 0 radical (unpaired) electrons. The van der Waals surface area contributed by atoms with E-state index in [0.717, 1.165) is 40.8 Å². The normalized spacial score (nSPS) is 14.3. The van der Waals surface area contributed by atoms with Crippen molar-refractivity contribution in [2.75, 3.05) is 32.9 Å². The van der Waals surface area contributed by atoms with Gasteiger partial charge in [-0.25, -0.2) is 4.39 Å². The lowest BCUT2D eigenvalue weighted by Crippen LogP contribution is -2.49. The fourth-order valence-corrected chi connectivity index (χ4v) is 5.67. The number of hydrogen-bond donors (Lipinski definition) is 1. The Labute approximate surface area is 206 Å². The largest absolute Gasteiger partial charge is 0.508 e. The molecule has 1 aliphatic rings. The van der Waals surface area contributed by atoms with Crippen molar-refractivity contribution in [3.63, 3.8) is 0 Å². The van der Waals surface area contributed by atoms with E-state index in [9.17, 15) is 18.7 Å². The Morgan fingerprint density at radius 1 is 1.11 bits per heavy atom. The number of aryl methyl sites for hydroxylation is 1. The number of alkyl halides is 1. The van der Waals surface area contributed by atoms with Crippen molar-refractivity contribution in [3.8, 4) is 22.6 Å². The molecule has 1 saturated heterocycles. The summed E-state index contributed by atoms with van der Waals surface area (Å²) in [7, 11) is 0. The first-order valence-electron chi connectivity index (χ1n) is 11.5. The Kier molecular flexibility index (Phi) is 6.54. The number of ether oxygens (including phenoxy) is 1. The second-order valence-electron chi connectivity index (χ2n) is 8.93. The average molecular weight is 494 g/mol. The van der Waals surface area contributed by atoms with Gasteiger partial charge in [-0.2, -0.15) is 0 Å². The van der Waals surface area contributed by atoms with Crippen LogP contribution in [-0.4, -0.2) is 48.7 Å². The summed E-state index contributed by atoms with van der Waals surface area (Å²) in [5, 5.41) is 10.8. The monoisotopic (exact) mass is 493 g/mol. The molecule has 0 saturated carbocycles. The van der Waals surface area contributed by atoms with Crippen molar-refractivity contribution < 1.29 is 23.4 Å². The zero-order valence-corrected chi connectivity index (χ0v) is 20.1. The number of fused-ring (bicyclic) bond motifs is 1. The summed E-state index contributed by atoms with van der Waals surface area (Å²) in [4.78, 5) is 16.2. The quantitative estimate of drug-likeness (QED) is 0.296. The van der Waals surface area contributed by atoms with Gasteiger partial charge in [0.2, 0.25) is 5.78 Å². The molecule has 2 heterocycles. The van der Waals surface area contributed by atoms with E-state index in [1.165, 1.54) is 23.5 Å². The van der Waals surface area contributed by atoms with Gasteiger partial charge in [-0.15, -0.1) is 11.3 Å². The fraction of sp³-hybridized carbons (Fsp3) is 0.250. The summed E-state index contributed by atoms with van der Waals surface area (Å²) < 4.78 is 33.2. The first-order valence-corrected chi connectivity index (χ1v) is 12.3. The van der Waals surface area contributed by atoms with Crippen molar-refractivity contribution in [3.05, 3.63) is 82.5 Å². The number of ketones is 1. The standard InChI is InChI=1S/C28H25F2NO3S/c1-17-2-5-20(30)12-24(17)27(33)28-26(23-9-6-21(32)13-25(23)35-28)19-3-7-22(8-4-19)34-11-10-31-15-18(14-29)16-31/h2-9,12-13,18,32H,10-11,14-16H2,1H3. The van der Waals surface area contributed by atoms with Crippen molar-refractivity contribution in [1.82, 2.24) is 4.90 Å². The molecule has 5 rings (SSSR count). The first kappa shape index (κ1) is 23.5. The van der Waals surface area contributed by atoms with Gasteiger partial charge in [0.1, 0.15) is 23.9 Å². The SMILES string of the molecule is Cc1ccc(F)cc1C(=O)c1sc2cc(O)ccc2c1-c1ccc(OCCN2CC(CF)C2)cc1. The van der Waals surface area contributed by atoms with Crippen LogP contribution < -0.4 is 4.74 Å². The van der Waals surface area contributed by atoms with E-state index < -0.39 is 5.82 Å². The number of carbonyl (C=O) groups is 1. The summed E-state index contributed by atoms with van der Waals surface area (Å²) >= 11 is 1.29. The summed E-state index contributed by atoms with van der Waals surface area (Å²) in [5.74, 6) is 0.278. The molecule has 180 valence electrons. The van der Waals surface area contributed by atoms with Gasteiger partial charge >= 0.3 is 0 Å². The molecule has 3 aromatic carbocycles. The number of phenolic OH excluding ortho intramolecular Hbond substituents is 1. The van der Waals surface area contributed by atoms with E-state index in [4.69, 9.17) is 4.74 Å². The number of nitrogens with zero attached hydrogens (tertiary/aromatic N) is 1. The van der Waals surface area contributed by atoms with E-state index in [-0.39, 0.29) is 24.1 Å². The van der Waals surface area contributed by atoms with Gasteiger partial charge in [-0.3, -0.25) is 14.1 Å². The number of thiophene rings is 1. The van der Waals surface area contributed by atoms with Crippen molar-refractivity contribution in [2.45, 2.75) is 6.92 Å². The van der Waals surface area contributed by atoms with Crippen LogP contribution in [0.4, 0.5) is 8.78 Å². The lowest BCUT2D eigenvalue weighted by molar-refractivity contribution is 0.0668. The molecular formula is C28H25F2NO3S. The molecule has 1 fully saturated rings. The highest BCUT2D eigenvalue weighted by atomic mass is 32.1. The predicted molar refractivity (Wildman–Crippen MR) is 135 cm³/mol. The number of carbonyl (C=O) groups excluding carboxylic acids is 1. The van der Waals surface area contributed by atoms with Gasteiger partial charge in [-0.05, 0) is 60.5 Å². The van der Waals surface area contributed by atoms with Crippen molar-refractivity contribution in [1.29, 1.82) is 0 Å². The highest BCUT2D eigenvalue weighted by molar-refractivity contribution is 7.21. The van der Waals surface area contributed by atoms with Crippen LogP contribution in [0.3, 0.4) is 0 Å². The predicted octanol–water partition coefficient (Wildman–Crippen LogP) is 6.23. The molecule has 0 aliphatic carbocycles. The summed E-state index contributed by atoms with van der Waals surface area (Å²) in [6.07, 6.45) is 0. The number of aromatic hydroxyl groups is 1. The van der Waals surface area contributed by atoms with Crippen molar-refractivity contribution in [2.24, 2.45) is 5.92 Å². The molecule has 4 aromatic rings. The molecule has 0 bridgehead atoms. The van der Waals surface area contributed by atoms with Crippen LogP contribution in [0.5, 0.6) is 11.5 Å². The summed E-state index contributed by atoms with van der Waals surface area (Å²) in [6.45, 7) is 4.35. The Bertz CT molecular complexity index is 1380. The average Bonchev–Trinajstić information content (AvgIpc) is 3.20. The summed E-state index contributed by atoms with van der Waals surface area (Å²) in [5.41, 5.74) is 2.61. The van der Waals surface area contributed by atoms with Crippen LogP contribution >= 0.6 is 11.3 Å². The minimum Gasteiger partial charge on any atom is -0.508 e. The maximum absolute atomic E-state index is 13.9. The van der Waals surface area contributed by atoms with E-state index in [1.807, 2.05) is 24.3 Å². The smallest absolute Gasteiger partial charge is 0.203 e. The topological polar surface area (TPSA) is 49.8 Å². The Balaban J connectivity index is 1.43. The van der Waals surface area contributed by atoms with Crippen LogP contribution in [0.15, 0.2) is 60.7 Å². The Hall–Kier alpha value is -3.29. The van der Waals surface area contributed by atoms with E-state index >= 15 is 0 Å². The van der Waals surface area contributed by atoms with Gasteiger partial charge in [0, 0.05) is 46.8 Å². The van der Waals surface area contributed by atoms with Crippen LogP contribution in [0.1, 0.15) is 20.8 Å². The Morgan fingerprint density at radius 3 is 2.63 bits per heavy atom. The van der Waals surface area contributed by atoms with Crippen LogP contribution in [0.2, 0.25) is 0 Å². The number of hydrogen-bond acceptors (Lipinski definition) is 5. The number of rotatable bonds is 8. The maximum atomic E-state index is 13.9. The van der Waals surface area contributed by atoms with Gasteiger partial charge in [0.15, 0.2) is 0 Å². The lowest BCUT2D eigenvalue weighted by atomic mass is 9.96. The third-order valence-corrected chi connectivity index (χ3v) is 7.55. The van der Waals surface area contributed by atoms with E-state index in [2.05, 4.69) is 4.90 Å². The van der Waals surface area contributed by atoms with Gasteiger partial charge in [0.25, 0.3) is 0 Å². The minimum atomic E-state index is -0.459. The van der Waals surface area contributed by atoms with Crippen LogP contribution in [0.25, 0.3) is 21.2 Å². The van der Waals surface area contributed by atoms with E-state index in [0.29, 0.717) is 28.4 Å². The molecule has 1 N–H and O–H groups in total. The molecule has 1 aromatic heterocycles. The first-order chi connectivity index (χ1) is 16.9. The zero-order chi connectivity index (χ0) is 24.5. The molecule has 35 heavy (non-hydrogen) atoms. The van der Waals surface area contributed by atoms with Crippen LogP contribution in [-0.2, 0) is 0 Å². The van der Waals surface area contributed by atoms with Gasteiger partial charge in [-0.1, -0.05) is 18.2 Å². The fourth-order valence-electron chi connectivity index (χ4n) is 4.46. The molecule has 0 atom stereocenters. The third-order valence-electron chi connectivity index (χ3n) is 6.39. The second-order valence-corrected chi connectivity index (χ2v) is 9.98. The Morgan fingerprint density at radius 2 is 1.89 bits per heavy atom. The molecular weight excluding hydrogens is 468 g/mol. The second kappa shape index (κ2) is 9.76. The lowest BCUT2D eigenvalue weighted by Gasteiger charge is -2.37. The van der Waals surface area contributed by atoms with Gasteiger partial charge in [0.05, 0.1) is 11.6 Å². The highest BCUT2D eigenvalue weighted by Gasteiger charge is 2.26. The molecule has 0 spiro atoms. The minimum absolute atomic E-state index is 0.120. The molecule has 4 nitrogen and oxygen atoms in total. The molecule has 7 heteroatoms. The number of halogens is 2. The van der Waals surface area contributed by atoms with Gasteiger partial charge < -0.3 is 9.84 Å². The molecule has 0 unspecified atom stereocenters. The number of phenols is 1. The van der Waals surface area contributed by atoms with Crippen LogP contribution in [0, 0.1) is 18.7 Å². The van der Waals surface area contributed by atoms with E-state index in [1.54, 1.807) is 31.2 Å². The highest BCUT2D eigenvalue weighted by Crippen LogP contribution is 2.42. The van der Waals surface area contributed by atoms with Crippen molar-refractivity contribution >= 4 is 27.2 Å². The number of likely N-dealkylation sites (tertiary alicyclic amines) is 1. The maximum Gasteiger partial charge on any atom is 0.203 e. The molecule has 1 aliphatic heterocycles. The molecule has 0 amide bonds. The summed E-state index contributed by atoms with van der Waals surface area (Å²) in [6, 6.07) is 16.8. The number of benzene rings is 3. The third kappa shape index (κ3) is 4.79.